The summed E-state index contributed by atoms with van der Waals surface area (Å²) in [4.78, 5) is 0. The van der Waals surface area contributed by atoms with Crippen LogP contribution in [0.15, 0.2) is 24.3 Å². The van der Waals surface area contributed by atoms with Gasteiger partial charge in [0, 0.05) is 5.69 Å². The van der Waals surface area contributed by atoms with E-state index in [0.29, 0.717) is 0 Å². The van der Waals surface area contributed by atoms with Crippen LogP contribution in [0.1, 0.15) is 31.7 Å². The van der Waals surface area contributed by atoms with Crippen LogP contribution in [-0.2, 0) is 0 Å². The van der Waals surface area contributed by atoms with Crippen molar-refractivity contribution in [2.45, 2.75) is 39.2 Å². The summed E-state index contributed by atoms with van der Waals surface area (Å²) >= 11 is 0. The molecule has 1 N–H and O–H groups in total. The Hall–Kier alpha value is -1.49. The molecule has 0 fully saturated rings. The van der Waals surface area contributed by atoms with Gasteiger partial charge in [-0.1, -0.05) is 38.0 Å². The van der Waals surface area contributed by atoms with Crippen molar-refractivity contribution in [1.82, 2.24) is 0 Å². The van der Waals surface area contributed by atoms with Crippen LogP contribution in [0.5, 0.6) is 0 Å². The topological polar surface area (TPSA) is 35.8 Å². The third kappa shape index (κ3) is 3.63. The first-order valence-corrected chi connectivity index (χ1v) is 5.49. The molecule has 1 rings (SSSR count). The van der Waals surface area contributed by atoms with Gasteiger partial charge in [0.25, 0.3) is 0 Å². The van der Waals surface area contributed by atoms with Crippen molar-refractivity contribution in [2.75, 3.05) is 5.32 Å². The van der Waals surface area contributed by atoms with Gasteiger partial charge in [0.1, 0.15) is 6.04 Å². The van der Waals surface area contributed by atoms with E-state index in [1.807, 2.05) is 18.2 Å². The highest BCUT2D eigenvalue weighted by atomic mass is 14.9. The van der Waals surface area contributed by atoms with Gasteiger partial charge in [-0.05, 0) is 25.0 Å². The molecule has 1 aromatic carbocycles. The Morgan fingerprint density at radius 3 is 2.73 bits per heavy atom. The summed E-state index contributed by atoms with van der Waals surface area (Å²) in [6.07, 6.45) is 3.14. The summed E-state index contributed by atoms with van der Waals surface area (Å²) in [7, 11) is 0. The average molecular weight is 202 g/mol. The maximum absolute atomic E-state index is 8.99. The number of nitrogens with one attached hydrogen (secondary N) is 1. The molecule has 2 heteroatoms. The van der Waals surface area contributed by atoms with Gasteiger partial charge in [-0.2, -0.15) is 5.26 Å². The molecule has 0 aliphatic carbocycles. The first-order chi connectivity index (χ1) is 7.27. The molecule has 80 valence electrons. The van der Waals surface area contributed by atoms with Crippen LogP contribution in [0.25, 0.3) is 0 Å². The third-order valence-corrected chi connectivity index (χ3v) is 2.48. The van der Waals surface area contributed by atoms with Crippen molar-refractivity contribution in [1.29, 1.82) is 5.26 Å². The van der Waals surface area contributed by atoms with Gasteiger partial charge in [0.2, 0.25) is 0 Å². The SMILES string of the molecule is CCCCC(C#N)Nc1ccccc1C. The highest BCUT2D eigenvalue weighted by molar-refractivity contribution is 5.51. The second kappa shape index (κ2) is 6.08. The zero-order chi connectivity index (χ0) is 11.1. The highest BCUT2D eigenvalue weighted by Gasteiger charge is 2.06. The normalized spacial score (nSPS) is 11.8. The number of rotatable bonds is 5. The summed E-state index contributed by atoms with van der Waals surface area (Å²) in [6, 6.07) is 10.3. The van der Waals surface area contributed by atoms with E-state index < -0.39 is 0 Å². The minimum absolute atomic E-state index is 0.0638. The number of hydrogen-bond acceptors (Lipinski definition) is 2. The quantitative estimate of drug-likeness (QED) is 0.793. The molecular weight excluding hydrogens is 184 g/mol. The minimum atomic E-state index is -0.0638. The lowest BCUT2D eigenvalue weighted by Crippen LogP contribution is -2.17. The Morgan fingerprint density at radius 2 is 2.13 bits per heavy atom. The molecule has 1 atom stereocenters. The van der Waals surface area contributed by atoms with Crippen LogP contribution < -0.4 is 5.32 Å². The molecule has 0 saturated carbocycles. The minimum Gasteiger partial charge on any atom is -0.370 e. The number of para-hydroxylation sites is 1. The van der Waals surface area contributed by atoms with Crippen LogP contribution in [0.4, 0.5) is 5.69 Å². The molecule has 0 aliphatic heterocycles. The lowest BCUT2D eigenvalue weighted by molar-refractivity contribution is 0.687. The van der Waals surface area contributed by atoms with Gasteiger partial charge >= 0.3 is 0 Å². The van der Waals surface area contributed by atoms with E-state index in [-0.39, 0.29) is 6.04 Å². The predicted molar refractivity (Wildman–Crippen MR) is 63.7 cm³/mol. The summed E-state index contributed by atoms with van der Waals surface area (Å²) in [5.74, 6) is 0. The fourth-order valence-electron chi connectivity index (χ4n) is 1.50. The van der Waals surface area contributed by atoms with Crippen molar-refractivity contribution in [3.63, 3.8) is 0 Å². The Morgan fingerprint density at radius 1 is 1.40 bits per heavy atom. The fourth-order valence-corrected chi connectivity index (χ4v) is 1.50. The Balaban J connectivity index is 2.60. The Kier molecular flexibility index (Phi) is 4.70. The predicted octanol–water partition coefficient (Wildman–Crippen LogP) is 3.49. The maximum Gasteiger partial charge on any atom is 0.114 e. The van der Waals surface area contributed by atoms with E-state index in [0.717, 1.165) is 24.9 Å². The second-order valence-electron chi connectivity index (χ2n) is 3.78. The summed E-state index contributed by atoms with van der Waals surface area (Å²) < 4.78 is 0. The molecule has 0 aromatic heterocycles. The number of benzene rings is 1. The van der Waals surface area contributed by atoms with Crippen molar-refractivity contribution < 1.29 is 0 Å². The Labute approximate surface area is 91.9 Å². The fraction of sp³-hybridized carbons (Fsp3) is 0.462. The van der Waals surface area contributed by atoms with E-state index >= 15 is 0 Å². The van der Waals surface area contributed by atoms with Crippen molar-refractivity contribution in [3.8, 4) is 6.07 Å². The molecule has 0 heterocycles. The molecule has 1 unspecified atom stereocenters. The zero-order valence-electron chi connectivity index (χ0n) is 9.46. The second-order valence-corrected chi connectivity index (χ2v) is 3.78. The Bertz CT molecular complexity index is 339. The van der Waals surface area contributed by atoms with E-state index in [9.17, 15) is 0 Å². The molecule has 0 bridgehead atoms. The number of nitrogens with zero attached hydrogens (tertiary/aromatic N) is 1. The molecule has 15 heavy (non-hydrogen) atoms. The van der Waals surface area contributed by atoms with Crippen LogP contribution in [0.3, 0.4) is 0 Å². The van der Waals surface area contributed by atoms with Gasteiger partial charge in [0.15, 0.2) is 0 Å². The van der Waals surface area contributed by atoms with Gasteiger partial charge in [-0.25, -0.2) is 0 Å². The standard InChI is InChI=1S/C13H18N2/c1-3-4-8-12(10-14)15-13-9-6-5-7-11(13)2/h5-7,9,12,15H,3-4,8H2,1-2H3. The number of nitriles is 1. The molecule has 0 saturated heterocycles. The van der Waals surface area contributed by atoms with Gasteiger partial charge in [-0.15, -0.1) is 0 Å². The molecular formula is C13H18N2. The molecule has 1 aromatic rings. The van der Waals surface area contributed by atoms with Gasteiger partial charge < -0.3 is 5.32 Å². The molecule has 2 nitrogen and oxygen atoms in total. The molecule has 0 aliphatic rings. The van der Waals surface area contributed by atoms with Crippen molar-refractivity contribution in [2.24, 2.45) is 0 Å². The van der Waals surface area contributed by atoms with Crippen LogP contribution in [-0.4, -0.2) is 6.04 Å². The maximum atomic E-state index is 8.99. The van der Waals surface area contributed by atoms with E-state index in [4.69, 9.17) is 5.26 Å². The lowest BCUT2D eigenvalue weighted by Gasteiger charge is -2.14. The summed E-state index contributed by atoms with van der Waals surface area (Å²) in [5.41, 5.74) is 2.26. The summed E-state index contributed by atoms with van der Waals surface area (Å²) in [5, 5.41) is 12.3. The van der Waals surface area contributed by atoms with Crippen LogP contribution >= 0.6 is 0 Å². The van der Waals surface area contributed by atoms with Crippen molar-refractivity contribution >= 4 is 5.69 Å². The third-order valence-electron chi connectivity index (χ3n) is 2.48. The van der Waals surface area contributed by atoms with Crippen molar-refractivity contribution in [3.05, 3.63) is 29.8 Å². The van der Waals surface area contributed by atoms with E-state index in [1.165, 1.54) is 5.56 Å². The van der Waals surface area contributed by atoms with Crippen LogP contribution in [0, 0.1) is 18.3 Å². The van der Waals surface area contributed by atoms with E-state index in [1.54, 1.807) is 0 Å². The summed E-state index contributed by atoms with van der Waals surface area (Å²) in [6.45, 7) is 4.19. The monoisotopic (exact) mass is 202 g/mol. The van der Waals surface area contributed by atoms with Crippen LogP contribution in [0.2, 0.25) is 0 Å². The number of hydrogen-bond donors (Lipinski definition) is 1. The highest BCUT2D eigenvalue weighted by Crippen LogP contribution is 2.15. The van der Waals surface area contributed by atoms with Gasteiger partial charge in [-0.3, -0.25) is 0 Å². The average Bonchev–Trinajstić information content (AvgIpc) is 2.26. The first-order valence-electron chi connectivity index (χ1n) is 5.49. The molecule has 0 radical (unpaired) electrons. The smallest absolute Gasteiger partial charge is 0.114 e. The number of anilines is 1. The molecule has 0 amide bonds. The lowest BCUT2D eigenvalue weighted by atomic mass is 10.1. The van der Waals surface area contributed by atoms with Gasteiger partial charge in [0.05, 0.1) is 6.07 Å². The number of aryl methyl sites for hydroxylation is 1. The first kappa shape index (κ1) is 11.6. The number of unbranched alkanes of at least 4 members (excludes halogenated alkanes) is 1. The van der Waals surface area contributed by atoms with E-state index in [2.05, 4.69) is 31.3 Å². The largest absolute Gasteiger partial charge is 0.370 e. The molecule has 0 spiro atoms. The zero-order valence-corrected chi connectivity index (χ0v) is 9.46.